The van der Waals surface area contributed by atoms with Crippen molar-refractivity contribution in [3.05, 3.63) is 11.6 Å². The SMILES string of the molecule is CCc1nnc(CN2CCCC2(C)C(=O)O)n1C. The fourth-order valence-corrected chi connectivity index (χ4v) is 2.53. The van der Waals surface area contributed by atoms with E-state index in [1.807, 2.05) is 23.4 Å². The molecule has 1 atom stereocenters. The van der Waals surface area contributed by atoms with Gasteiger partial charge in [0.25, 0.3) is 0 Å². The maximum Gasteiger partial charge on any atom is 0.323 e. The van der Waals surface area contributed by atoms with Gasteiger partial charge in [-0.25, -0.2) is 0 Å². The van der Waals surface area contributed by atoms with Crippen molar-refractivity contribution in [1.82, 2.24) is 19.7 Å². The number of carbonyl (C=O) groups is 1. The van der Waals surface area contributed by atoms with E-state index in [0.29, 0.717) is 13.0 Å². The minimum Gasteiger partial charge on any atom is -0.480 e. The predicted octanol–water partition coefficient (Wildman–Crippen LogP) is 0.817. The fourth-order valence-electron chi connectivity index (χ4n) is 2.53. The fraction of sp³-hybridized carbons (Fsp3) is 0.750. The molecule has 0 amide bonds. The van der Waals surface area contributed by atoms with Crippen molar-refractivity contribution in [3.63, 3.8) is 0 Å². The molecule has 1 aromatic heterocycles. The van der Waals surface area contributed by atoms with E-state index in [4.69, 9.17) is 0 Å². The molecule has 1 saturated heterocycles. The van der Waals surface area contributed by atoms with Crippen molar-refractivity contribution in [2.75, 3.05) is 6.54 Å². The van der Waals surface area contributed by atoms with Gasteiger partial charge in [0.05, 0.1) is 6.54 Å². The van der Waals surface area contributed by atoms with Crippen LogP contribution in [0, 0.1) is 0 Å². The molecule has 1 N–H and O–H groups in total. The minimum atomic E-state index is -0.766. The normalized spacial score (nSPS) is 24.6. The molecule has 0 saturated carbocycles. The van der Waals surface area contributed by atoms with Crippen LogP contribution in [0.4, 0.5) is 0 Å². The quantitative estimate of drug-likeness (QED) is 0.859. The molecule has 0 aliphatic carbocycles. The molecule has 0 spiro atoms. The van der Waals surface area contributed by atoms with Gasteiger partial charge >= 0.3 is 5.97 Å². The van der Waals surface area contributed by atoms with Crippen LogP contribution >= 0.6 is 0 Å². The molecule has 1 aliphatic rings. The Hall–Kier alpha value is -1.43. The van der Waals surface area contributed by atoms with E-state index in [2.05, 4.69) is 10.2 Å². The Kier molecular flexibility index (Phi) is 3.38. The first-order valence-corrected chi connectivity index (χ1v) is 6.34. The zero-order valence-electron chi connectivity index (χ0n) is 11.2. The summed E-state index contributed by atoms with van der Waals surface area (Å²) in [6.07, 6.45) is 2.45. The monoisotopic (exact) mass is 252 g/mol. The number of carboxylic acid groups (broad SMARTS) is 1. The van der Waals surface area contributed by atoms with Gasteiger partial charge in [-0.05, 0) is 26.3 Å². The molecule has 1 aliphatic heterocycles. The lowest BCUT2D eigenvalue weighted by molar-refractivity contribution is -0.149. The molecule has 1 unspecified atom stereocenters. The average molecular weight is 252 g/mol. The number of aliphatic carboxylic acids is 1. The van der Waals surface area contributed by atoms with Crippen LogP contribution in [0.15, 0.2) is 0 Å². The van der Waals surface area contributed by atoms with Gasteiger partial charge in [-0.15, -0.1) is 10.2 Å². The molecule has 6 nitrogen and oxygen atoms in total. The lowest BCUT2D eigenvalue weighted by Gasteiger charge is -2.30. The Morgan fingerprint density at radius 3 is 2.67 bits per heavy atom. The predicted molar refractivity (Wildman–Crippen MR) is 66.1 cm³/mol. The van der Waals surface area contributed by atoms with Gasteiger partial charge in [0.1, 0.15) is 17.2 Å². The standard InChI is InChI=1S/C12H20N4O2/c1-4-9-13-14-10(15(9)3)8-16-7-5-6-12(16,2)11(17)18/h4-8H2,1-3H3,(H,17,18). The first-order chi connectivity index (χ1) is 8.49. The Balaban J connectivity index is 2.18. The molecule has 1 aromatic rings. The number of hydrogen-bond donors (Lipinski definition) is 1. The Morgan fingerprint density at radius 1 is 1.44 bits per heavy atom. The van der Waals surface area contributed by atoms with Crippen LogP contribution in [-0.4, -0.2) is 42.8 Å². The van der Waals surface area contributed by atoms with Crippen molar-refractivity contribution in [2.45, 2.75) is 45.2 Å². The molecule has 2 heterocycles. The van der Waals surface area contributed by atoms with Crippen molar-refractivity contribution >= 4 is 5.97 Å². The van der Waals surface area contributed by atoms with Crippen LogP contribution in [0.3, 0.4) is 0 Å². The van der Waals surface area contributed by atoms with Gasteiger partial charge < -0.3 is 9.67 Å². The molecular weight excluding hydrogens is 232 g/mol. The van der Waals surface area contributed by atoms with E-state index >= 15 is 0 Å². The number of nitrogens with zero attached hydrogens (tertiary/aromatic N) is 4. The molecule has 0 aromatic carbocycles. The van der Waals surface area contributed by atoms with E-state index < -0.39 is 11.5 Å². The van der Waals surface area contributed by atoms with Gasteiger partial charge in [0.2, 0.25) is 0 Å². The summed E-state index contributed by atoms with van der Waals surface area (Å²) in [7, 11) is 1.93. The second-order valence-electron chi connectivity index (χ2n) is 5.05. The van der Waals surface area contributed by atoms with Gasteiger partial charge in [-0.1, -0.05) is 6.92 Å². The highest BCUT2D eigenvalue weighted by molar-refractivity contribution is 5.78. The highest BCUT2D eigenvalue weighted by atomic mass is 16.4. The van der Waals surface area contributed by atoms with E-state index in [9.17, 15) is 9.90 Å². The summed E-state index contributed by atoms with van der Waals surface area (Å²) in [5, 5.41) is 17.6. The molecule has 1 fully saturated rings. The number of rotatable bonds is 4. The van der Waals surface area contributed by atoms with Crippen molar-refractivity contribution in [2.24, 2.45) is 7.05 Å². The number of aryl methyl sites for hydroxylation is 1. The summed E-state index contributed by atoms with van der Waals surface area (Å²) in [5.41, 5.74) is -0.766. The lowest BCUT2D eigenvalue weighted by Crippen LogP contribution is -2.47. The third-order valence-electron chi connectivity index (χ3n) is 3.95. The van der Waals surface area contributed by atoms with Gasteiger partial charge in [-0.2, -0.15) is 0 Å². The number of likely N-dealkylation sites (tertiary alicyclic amines) is 1. The van der Waals surface area contributed by atoms with E-state index in [1.54, 1.807) is 6.92 Å². The van der Waals surface area contributed by atoms with Gasteiger partial charge in [-0.3, -0.25) is 9.69 Å². The molecule has 6 heteroatoms. The number of hydrogen-bond acceptors (Lipinski definition) is 4. The van der Waals surface area contributed by atoms with E-state index in [0.717, 1.165) is 31.0 Å². The van der Waals surface area contributed by atoms with Crippen molar-refractivity contribution in [1.29, 1.82) is 0 Å². The van der Waals surface area contributed by atoms with Crippen LogP contribution in [0.25, 0.3) is 0 Å². The zero-order chi connectivity index (χ0) is 13.3. The van der Waals surface area contributed by atoms with Crippen LogP contribution in [0.1, 0.15) is 38.3 Å². The van der Waals surface area contributed by atoms with Crippen LogP contribution in [0.5, 0.6) is 0 Å². The minimum absolute atomic E-state index is 0.548. The highest BCUT2D eigenvalue weighted by Crippen LogP contribution is 2.30. The second-order valence-corrected chi connectivity index (χ2v) is 5.05. The summed E-state index contributed by atoms with van der Waals surface area (Å²) >= 11 is 0. The lowest BCUT2D eigenvalue weighted by atomic mass is 9.99. The molecule has 0 radical (unpaired) electrons. The maximum absolute atomic E-state index is 11.4. The van der Waals surface area contributed by atoms with Crippen molar-refractivity contribution in [3.8, 4) is 0 Å². The first kappa shape index (κ1) is 13.0. The van der Waals surface area contributed by atoms with Crippen LogP contribution in [0.2, 0.25) is 0 Å². The van der Waals surface area contributed by atoms with Crippen LogP contribution in [-0.2, 0) is 24.8 Å². The summed E-state index contributed by atoms with van der Waals surface area (Å²) in [6, 6.07) is 0. The molecule has 0 bridgehead atoms. The number of aromatic nitrogens is 3. The Bertz CT molecular complexity index is 457. The topological polar surface area (TPSA) is 71.2 Å². The van der Waals surface area contributed by atoms with Gasteiger partial charge in [0, 0.05) is 13.5 Å². The smallest absolute Gasteiger partial charge is 0.323 e. The summed E-state index contributed by atoms with van der Waals surface area (Å²) in [5.74, 6) is 1.01. The summed E-state index contributed by atoms with van der Waals surface area (Å²) < 4.78 is 1.96. The first-order valence-electron chi connectivity index (χ1n) is 6.34. The molecule has 18 heavy (non-hydrogen) atoms. The average Bonchev–Trinajstić information content (AvgIpc) is 2.86. The summed E-state index contributed by atoms with van der Waals surface area (Å²) in [4.78, 5) is 13.4. The molecular formula is C12H20N4O2. The van der Waals surface area contributed by atoms with Gasteiger partial charge in [0.15, 0.2) is 0 Å². The van der Waals surface area contributed by atoms with Crippen LogP contribution < -0.4 is 0 Å². The third-order valence-corrected chi connectivity index (χ3v) is 3.95. The second kappa shape index (κ2) is 4.68. The largest absolute Gasteiger partial charge is 0.480 e. The van der Waals surface area contributed by atoms with Crippen molar-refractivity contribution < 1.29 is 9.90 Å². The maximum atomic E-state index is 11.4. The molecule has 2 rings (SSSR count). The van der Waals surface area contributed by atoms with E-state index in [1.165, 1.54) is 0 Å². The Morgan fingerprint density at radius 2 is 2.11 bits per heavy atom. The highest BCUT2D eigenvalue weighted by Gasteiger charge is 2.43. The Labute approximate surface area is 107 Å². The molecule has 100 valence electrons. The summed E-state index contributed by atoms with van der Waals surface area (Å²) in [6.45, 7) is 5.17. The van der Waals surface area contributed by atoms with E-state index in [-0.39, 0.29) is 0 Å². The zero-order valence-corrected chi connectivity index (χ0v) is 11.2. The number of carboxylic acids is 1. The third kappa shape index (κ3) is 2.01.